The molecule has 0 aliphatic carbocycles. The molecular formula is C34H24F2N2O12. The van der Waals surface area contributed by atoms with Crippen molar-refractivity contribution in [2.24, 2.45) is 0 Å². The molecule has 16 heteroatoms. The molecule has 0 spiro atoms. The van der Waals surface area contributed by atoms with E-state index in [0.29, 0.717) is 11.1 Å². The molecular weight excluding hydrogens is 666 g/mol. The van der Waals surface area contributed by atoms with Crippen molar-refractivity contribution in [2.75, 3.05) is 13.2 Å². The number of carbonyl (C=O) groups excluding carboxylic acids is 2. The Hall–Kier alpha value is -6.84. The number of ether oxygens (including phenoxy) is 2. The first kappa shape index (κ1) is 34.5. The molecule has 6 aromatic rings. The standard InChI is InChI=1S/2C17H12FNO6/c1-2-24-17(21)15-11-7-13(20)12(19(22)23)8-14(11)25-16(15)9-3-5-10(18)6-4-9;1-2-24-17(21)14-13-12(8-7-11(20)15(13)19(22)23)25-16(14)9-3-5-10(18)6-4-9/h2*3-8,20H,2H2,1H3. The molecule has 0 bridgehead atoms. The normalized spacial score (nSPS) is 10.8. The van der Waals surface area contributed by atoms with Crippen molar-refractivity contribution in [1.29, 1.82) is 0 Å². The smallest absolute Gasteiger partial charge is 0.342 e. The van der Waals surface area contributed by atoms with Crippen molar-refractivity contribution in [2.45, 2.75) is 13.8 Å². The van der Waals surface area contributed by atoms with Gasteiger partial charge in [0.25, 0.3) is 0 Å². The fourth-order valence-corrected chi connectivity index (χ4v) is 5.03. The molecule has 0 fully saturated rings. The molecule has 0 amide bonds. The SMILES string of the molecule is CCOC(=O)c1c(-c2ccc(F)cc2)oc2cc([N+](=O)[O-])c(O)cc12.CCOC(=O)c1c(-c2ccc(F)cc2)oc2ccc(O)c([N+](=O)[O-])c12. The van der Waals surface area contributed by atoms with Crippen LogP contribution in [-0.4, -0.2) is 45.2 Å². The number of phenolic OH excluding ortho intramolecular Hbond substituents is 2. The zero-order chi connectivity index (χ0) is 36.3. The van der Waals surface area contributed by atoms with E-state index in [1.807, 2.05) is 0 Å². The number of esters is 2. The number of phenols is 2. The van der Waals surface area contributed by atoms with Gasteiger partial charge in [0.15, 0.2) is 11.5 Å². The summed E-state index contributed by atoms with van der Waals surface area (Å²) in [6.07, 6.45) is 0. The summed E-state index contributed by atoms with van der Waals surface area (Å²) >= 11 is 0. The average molecular weight is 691 g/mol. The van der Waals surface area contributed by atoms with Crippen molar-refractivity contribution in [1.82, 2.24) is 0 Å². The Morgan fingerprint density at radius 3 is 1.70 bits per heavy atom. The third kappa shape index (κ3) is 6.62. The first-order valence-electron chi connectivity index (χ1n) is 14.6. The number of nitro benzene ring substituents is 2. The van der Waals surface area contributed by atoms with Crippen LogP contribution in [0.15, 0.2) is 81.6 Å². The van der Waals surface area contributed by atoms with Gasteiger partial charge in [0, 0.05) is 16.5 Å². The molecule has 2 aromatic heterocycles. The fourth-order valence-electron chi connectivity index (χ4n) is 5.03. The zero-order valence-corrected chi connectivity index (χ0v) is 26.0. The van der Waals surface area contributed by atoms with Crippen LogP contribution in [0.1, 0.15) is 34.6 Å². The molecule has 50 heavy (non-hydrogen) atoms. The third-order valence-electron chi connectivity index (χ3n) is 7.14. The van der Waals surface area contributed by atoms with E-state index >= 15 is 0 Å². The maximum atomic E-state index is 13.2. The number of rotatable bonds is 8. The van der Waals surface area contributed by atoms with Gasteiger partial charge < -0.3 is 28.5 Å². The van der Waals surface area contributed by atoms with E-state index in [4.69, 9.17) is 18.3 Å². The summed E-state index contributed by atoms with van der Waals surface area (Å²) in [4.78, 5) is 45.5. The molecule has 0 saturated heterocycles. The Labute approximate surface area is 279 Å². The van der Waals surface area contributed by atoms with E-state index in [0.717, 1.165) is 18.2 Å². The van der Waals surface area contributed by atoms with E-state index in [1.165, 1.54) is 54.6 Å². The van der Waals surface area contributed by atoms with Gasteiger partial charge in [-0.25, -0.2) is 18.4 Å². The predicted molar refractivity (Wildman–Crippen MR) is 172 cm³/mol. The van der Waals surface area contributed by atoms with Crippen LogP contribution in [0.2, 0.25) is 0 Å². The third-order valence-corrected chi connectivity index (χ3v) is 7.14. The van der Waals surface area contributed by atoms with Crippen molar-refractivity contribution >= 4 is 45.3 Å². The highest BCUT2D eigenvalue weighted by molar-refractivity contribution is 6.13. The molecule has 0 aliphatic heterocycles. The lowest BCUT2D eigenvalue weighted by atomic mass is 10.0. The molecule has 4 aromatic carbocycles. The number of furan rings is 2. The predicted octanol–water partition coefficient (Wildman–Crippen LogP) is 8.06. The molecule has 0 saturated carbocycles. The molecule has 0 radical (unpaired) electrons. The van der Waals surface area contributed by atoms with E-state index in [-0.39, 0.29) is 57.8 Å². The monoisotopic (exact) mass is 690 g/mol. The summed E-state index contributed by atoms with van der Waals surface area (Å²) in [6.45, 7) is 3.36. The van der Waals surface area contributed by atoms with Crippen molar-refractivity contribution in [3.8, 4) is 34.1 Å². The van der Waals surface area contributed by atoms with Gasteiger partial charge >= 0.3 is 23.3 Å². The minimum atomic E-state index is -0.839. The topological polar surface area (TPSA) is 206 Å². The number of aromatic hydroxyl groups is 2. The van der Waals surface area contributed by atoms with E-state index in [9.17, 15) is 48.8 Å². The molecule has 6 rings (SSSR count). The number of carbonyl (C=O) groups is 2. The van der Waals surface area contributed by atoms with Crippen molar-refractivity contribution < 1.29 is 56.7 Å². The van der Waals surface area contributed by atoms with E-state index in [1.54, 1.807) is 13.8 Å². The van der Waals surface area contributed by atoms with Crippen LogP contribution in [-0.2, 0) is 9.47 Å². The molecule has 2 N–H and O–H groups in total. The number of hydrogen-bond acceptors (Lipinski definition) is 12. The second-order valence-electron chi connectivity index (χ2n) is 10.2. The molecule has 2 heterocycles. The minimum absolute atomic E-state index is 0.00199. The lowest BCUT2D eigenvalue weighted by molar-refractivity contribution is -0.385. The van der Waals surface area contributed by atoms with Crippen LogP contribution in [0.25, 0.3) is 44.6 Å². The summed E-state index contributed by atoms with van der Waals surface area (Å²) in [5.41, 5.74) is -0.587. The quantitative estimate of drug-likeness (QED) is 0.0883. The van der Waals surface area contributed by atoms with Gasteiger partial charge in [0.2, 0.25) is 0 Å². The molecule has 14 nitrogen and oxygen atoms in total. The van der Waals surface area contributed by atoms with Gasteiger partial charge in [-0.2, -0.15) is 0 Å². The second kappa shape index (κ2) is 14.1. The largest absolute Gasteiger partial charge is 0.502 e. The van der Waals surface area contributed by atoms with E-state index < -0.39 is 56.3 Å². The lowest BCUT2D eigenvalue weighted by Crippen LogP contribution is -2.06. The fraction of sp³-hybridized carbons (Fsp3) is 0.118. The van der Waals surface area contributed by atoms with Crippen LogP contribution in [0.4, 0.5) is 20.2 Å². The highest BCUT2D eigenvalue weighted by atomic mass is 19.1. The summed E-state index contributed by atoms with van der Waals surface area (Å²) in [5.74, 6) is -3.63. The molecule has 256 valence electrons. The molecule has 0 unspecified atom stereocenters. The van der Waals surface area contributed by atoms with Crippen molar-refractivity contribution in [3.63, 3.8) is 0 Å². The minimum Gasteiger partial charge on any atom is -0.502 e. The summed E-state index contributed by atoms with van der Waals surface area (Å²) in [6, 6.07) is 14.8. The van der Waals surface area contributed by atoms with Gasteiger partial charge in [-0.1, -0.05) is 0 Å². The van der Waals surface area contributed by atoms with Crippen LogP contribution in [0, 0.1) is 31.9 Å². The van der Waals surface area contributed by atoms with Crippen LogP contribution < -0.4 is 0 Å². The Balaban J connectivity index is 0.000000194. The summed E-state index contributed by atoms with van der Waals surface area (Å²) in [5, 5.41) is 42.0. The average Bonchev–Trinajstić information content (AvgIpc) is 3.64. The number of nitro groups is 2. The van der Waals surface area contributed by atoms with Gasteiger partial charge in [-0.15, -0.1) is 0 Å². The van der Waals surface area contributed by atoms with Crippen molar-refractivity contribution in [3.05, 3.63) is 116 Å². The molecule has 0 aliphatic rings. The maximum absolute atomic E-state index is 13.2. The Morgan fingerprint density at radius 1 is 0.700 bits per heavy atom. The first-order valence-corrected chi connectivity index (χ1v) is 14.6. The van der Waals surface area contributed by atoms with Crippen LogP contribution in [0.5, 0.6) is 11.5 Å². The summed E-state index contributed by atoms with van der Waals surface area (Å²) < 4.78 is 47.5. The first-order chi connectivity index (χ1) is 23.9. The zero-order valence-electron chi connectivity index (χ0n) is 26.0. The Kier molecular flexibility index (Phi) is 9.73. The molecule has 0 atom stereocenters. The van der Waals surface area contributed by atoms with Crippen LogP contribution >= 0.6 is 0 Å². The number of fused-ring (bicyclic) bond motifs is 2. The number of benzene rings is 4. The lowest BCUT2D eigenvalue weighted by Gasteiger charge is -2.04. The highest BCUT2D eigenvalue weighted by Gasteiger charge is 2.32. The maximum Gasteiger partial charge on any atom is 0.342 e. The van der Waals surface area contributed by atoms with Gasteiger partial charge in [0.05, 0.1) is 29.1 Å². The van der Waals surface area contributed by atoms with Gasteiger partial charge in [0.1, 0.15) is 50.8 Å². The summed E-state index contributed by atoms with van der Waals surface area (Å²) in [7, 11) is 0. The Morgan fingerprint density at radius 2 is 1.20 bits per heavy atom. The number of hydrogen-bond donors (Lipinski definition) is 2. The highest BCUT2D eigenvalue weighted by Crippen LogP contribution is 2.43. The van der Waals surface area contributed by atoms with Gasteiger partial charge in [-0.05, 0) is 80.6 Å². The van der Waals surface area contributed by atoms with E-state index in [2.05, 4.69) is 0 Å². The number of halogens is 2. The number of nitrogens with zero attached hydrogens (tertiary/aromatic N) is 2. The second-order valence-corrected chi connectivity index (χ2v) is 10.2. The Bertz CT molecular complexity index is 2280. The van der Waals surface area contributed by atoms with Crippen LogP contribution in [0.3, 0.4) is 0 Å². The van der Waals surface area contributed by atoms with Gasteiger partial charge in [-0.3, -0.25) is 20.2 Å².